The lowest BCUT2D eigenvalue weighted by Crippen LogP contribution is -2.51. The first-order chi connectivity index (χ1) is 8.22. The number of rotatable bonds is 1. The first kappa shape index (κ1) is 11.0. The predicted molar refractivity (Wildman–Crippen MR) is 60.2 cm³/mol. The monoisotopic (exact) mass is 238 g/mol. The summed E-state index contributed by atoms with van der Waals surface area (Å²) < 4.78 is 5.72. The topological polar surface area (TPSA) is 58.6 Å². The Morgan fingerprint density at radius 1 is 1.24 bits per heavy atom. The van der Waals surface area contributed by atoms with Crippen molar-refractivity contribution in [3.05, 3.63) is 0 Å². The number of hydrogen-bond donors (Lipinski definition) is 1. The van der Waals surface area contributed by atoms with Gasteiger partial charge in [0.25, 0.3) is 0 Å². The number of fused-ring (bicyclic) bond motifs is 2. The zero-order valence-corrected chi connectivity index (χ0v) is 9.85. The van der Waals surface area contributed by atoms with Gasteiger partial charge in [0.05, 0.1) is 18.1 Å². The third kappa shape index (κ3) is 2.16. The van der Waals surface area contributed by atoms with Crippen LogP contribution in [-0.4, -0.2) is 48.6 Å². The molecule has 3 unspecified atom stereocenters. The average Bonchev–Trinajstić information content (AvgIpc) is 2.68. The van der Waals surface area contributed by atoms with Crippen molar-refractivity contribution >= 4 is 11.8 Å². The van der Waals surface area contributed by atoms with E-state index in [1.807, 2.05) is 4.90 Å². The fourth-order valence-electron chi connectivity index (χ4n) is 3.00. The summed E-state index contributed by atoms with van der Waals surface area (Å²) in [5.41, 5.74) is 0. The van der Waals surface area contributed by atoms with E-state index in [1.54, 1.807) is 0 Å². The van der Waals surface area contributed by atoms with Crippen LogP contribution in [0.1, 0.15) is 25.7 Å². The molecule has 3 saturated heterocycles. The van der Waals surface area contributed by atoms with Crippen LogP contribution in [0.25, 0.3) is 0 Å². The Bertz CT molecular complexity index is 323. The molecule has 3 rings (SSSR count). The molecule has 0 saturated carbocycles. The van der Waals surface area contributed by atoms with E-state index in [9.17, 15) is 9.59 Å². The lowest BCUT2D eigenvalue weighted by Gasteiger charge is -2.35. The Hall–Kier alpha value is -1.10. The van der Waals surface area contributed by atoms with E-state index in [2.05, 4.69) is 5.32 Å². The molecule has 1 N–H and O–H groups in total. The van der Waals surface area contributed by atoms with E-state index < -0.39 is 0 Å². The highest BCUT2D eigenvalue weighted by molar-refractivity contribution is 5.83. The Labute approximate surface area is 100 Å². The minimum Gasteiger partial charge on any atom is -0.371 e. The van der Waals surface area contributed by atoms with E-state index in [4.69, 9.17) is 4.74 Å². The molecule has 0 aliphatic carbocycles. The van der Waals surface area contributed by atoms with Gasteiger partial charge in [-0.05, 0) is 19.3 Å². The molecule has 5 heteroatoms. The third-order valence-corrected chi connectivity index (χ3v) is 3.97. The molecule has 3 aliphatic rings. The summed E-state index contributed by atoms with van der Waals surface area (Å²) in [7, 11) is 0. The highest BCUT2D eigenvalue weighted by Crippen LogP contribution is 2.27. The minimum absolute atomic E-state index is 0.0230. The molecule has 2 bridgehead atoms. The number of piperidine rings is 1. The molecule has 0 spiro atoms. The standard InChI is InChI=1S/C12H18N2O3/c15-11-4-1-8(5-13-11)12(16)14-6-9-2-3-10(7-14)17-9/h8-10H,1-7H2,(H,13,15). The van der Waals surface area contributed by atoms with Crippen LogP contribution in [0.4, 0.5) is 0 Å². The molecule has 3 fully saturated rings. The third-order valence-electron chi connectivity index (χ3n) is 3.97. The van der Waals surface area contributed by atoms with Crippen LogP contribution in [0.3, 0.4) is 0 Å². The van der Waals surface area contributed by atoms with Gasteiger partial charge in [-0.25, -0.2) is 0 Å². The van der Waals surface area contributed by atoms with Gasteiger partial charge in [0.15, 0.2) is 0 Å². The fourth-order valence-corrected chi connectivity index (χ4v) is 3.00. The van der Waals surface area contributed by atoms with E-state index in [1.165, 1.54) is 0 Å². The SMILES string of the molecule is O=C1CCC(C(=O)N2CC3CCC(C2)O3)CN1. The van der Waals surface area contributed by atoms with Crippen molar-refractivity contribution in [2.75, 3.05) is 19.6 Å². The largest absolute Gasteiger partial charge is 0.371 e. The first-order valence-corrected chi connectivity index (χ1v) is 6.43. The Morgan fingerprint density at radius 2 is 1.94 bits per heavy atom. The van der Waals surface area contributed by atoms with Gasteiger partial charge < -0.3 is 15.0 Å². The number of amides is 2. The number of nitrogens with one attached hydrogen (secondary N) is 1. The number of hydrogen-bond acceptors (Lipinski definition) is 3. The van der Waals surface area contributed by atoms with Gasteiger partial charge in [-0.1, -0.05) is 0 Å². The maximum Gasteiger partial charge on any atom is 0.227 e. The molecular formula is C12H18N2O3. The van der Waals surface area contributed by atoms with Crippen LogP contribution >= 0.6 is 0 Å². The van der Waals surface area contributed by atoms with Gasteiger partial charge in [0, 0.05) is 26.1 Å². The van der Waals surface area contributed by atoms with Crippen LogP contribution in [-0.2, 0) is 14.3 Å². The van der Waals surface area contributed by atoms with E-state index in [0.717, 1.165) is 25.9 Å². The predicted octanol–water partition coefficient (Wildman–Crippen LogP) is -0.0976. The molecule has 17 heavy (non-hydrogen) atoms. The van der Waals surface area contributed by atoms with Crippen molar-refractivity contribution in [3.8, 4) is 0 Å². The first-order valence-electron chi connectivity index (χ1n) is 6.43. The zero-order valence-electron chi connectivity index (χ0n) is 9.85. The minimum atomic E-state index is -0.0230. The number of likely N-dealkylation sites (tertiary alicyclic amines) is 1. The smallest absolute Gasteiger partial charge is 0.227 e. The number of nitrogens with zero attached hydrogens (tertiary/aromatic N) is 1. The lowest BCUT2D eigenvalue weighted by molar-refractivity contribution is -0.145. The van der Waals surface area contributed by atoms with Gasteiger partial charge in [0.1, 0.15) is 0 Å². The van der Waals surface area contributed by atoms with E-state index >= 15 is 0 Å². The molecule has 5 nitrogen and oxygen atoms in total. The van der Waals surface area contributed by atoms with Crippen LogP contribution in [0.15, 0.2) is 0 Å². The van der Waals surface area contributed by atoms with Crippen LogP contribution in [0, 0.1) is 5.92 Å². The van der Waals surface area contributed by atoms with E-state index in [0.29, 0.717) is 19.4 Å². The van der Waals surface area contributed by atoms with Gasteiger partial charge >= 0.3 is 0 Å². The van der Waals surface area contributed by atoms with Gasteiger partial charge in [-0.2, -0.15) is 0 Å². The summed E-state index contributed by atoms with van der Waals surface area (Å²) in [4.78, 5) is 25.3. The molecule has 0 aromatic carbocycles. The van der Waals surface area contributed by atoms with Crippen LogP contribution in [0.5, 0.6) is 0 Å². The van der Waals surface area contributed by atoms with Crippen molar-refractivity contribution in [2.45, 2.75) is 37.9 Å². The average molecular weight is 238 g/mol. The summed E-state index contributed by atoms with van der Waals surface area (Å²) in [5, 5.41) is 2.77. The van der Waals surface area contributed by atoms with Gasteiger partial charge in [-0.3, -0.25) is 9.59 Å². The second kappa shape index (κ2) is 4.29. The molecule has 0 aromatic heterocycles. The van der Waals surface area contributed by atoms with Gasteiger partial charge in [0.2, 0.25) is 11.8 Å². The summed E-state index contributed by atoms with van der Waals surface area (Å²) in [5.74, 6) is 0.242. The summed E-state index contributed by atoms with van der Waals surface area (Å²) in [6.07, 6.45) is 3.82. The van der Waals surface area contributed by atoms with Crippen LogP contribution < -0.4 is 5.32 Å². The highest BCUT2D eigenvalue weighted by Gasteiger charge is 2.38. The highest BCUT2D eigenvalue weighted by atomic mass is 16.5. The number of morpholine rings is 1. The normalized spacial score (nSPS) is 36.8. The van der Waals surface area contributed by atoms with Crippen molar-refractivity contribution in [2.24, 2.45) is 5.92 Å². The quantitative estimate of drug-likeness (QED) is 0.694. The van der Waals surface area contributed by atoms with Crippen molar-refractivity contribution in [3.63, 3.8) is 0 Å². The van der Waals surface area contributed by atoms with Gasteiger partial charge in [-0.15, -0.1) is 0 Å². The number of carbonyl (C=O) groups is 2. The Morgan fingerprint density at radius 3 is 2.53 bits per heavy atom. The molecule has 3 aliphatic heterocycles. The summed E-state index contributed by atoms with van der Waals surface area (Å²) >= 11 is 0. The van der Waals surface area contributed by atoms with Crippen molar-refractivity contribution < 1.29 is 14.3 Å². The molecule has 0 radical (unpaired) electrons. The van der Waals surface area contributed by atoms with Crippen LogP contribution in [0.2, 0.25) is 0 Å². The zero-order chi connectivity index (χ0) is 11.8. The molecule has 3 heterocycles. The molecule has 3 atom stereocenters. The maximum absolute atomic E-state index is 12.3. The Kier molecular flexibility index (Phi) is 2.78. The second-order valence-corrected chi connectivity index (χ2v) is 5.24. The number of carbonyl (C=O) groups excluding carboxylic acids is 2. The molecule has 2 amide bonds. The summed E-state index contributed by atoms with van der Waals surface area (Å²) in [6.45, 7) is 1.98. The molecular weight excluding hydrogens is 220 g/mol. The second-order valence-electron chi connectivity index (χ2n) is 5.24. The maximum atomic E-state index is 12.3. The fraction of sp³-hybridized carbons (Fsp3) is 0.833. The number of ether oxygens (including phenoxy) is 1. The Balaban J connectivity index is 1.60. The van der Waals surface area contributed by atoms with E-state index in [-0.39, 0.29) is 29.9 Å². The van der Waals surface area contributed by atoms with Crippen molar-refractivity contribution in [1.29, 1.82) is 0 Å². The van der Waals surface area contributed by atoms with Crippen molar-refractivity contribution in [1.82, 2.24) is 10.2 Å². The molecule has 0 aromatic rings. The molecule has 94 valence electrons. The lowest BCUT2D eigenvalue weighted by atomic mass is 9.97. The summed E-state index contributed by atoms with van der Waals surface area (Å²) in [6, 6.07) is 0.